The van der Waals surface area contributed by atoms with Crippen LogP contribution in [0, 0.1) is 6.92 Å². The number of aryl methyl sites for hydroxylation is 2. The van der Waals surface area contributed by atoms with Gasteiger partial charge in [-0.15, -0.1) is 0 Å². The van der Waals surface area contributed by atoms with Gasteiger partial charge in [0.1, 0.15) is 0 Å². The molecule has 0 unspecified atom stereocenters. The second kappa shape index (κ2) is 5.45. The molecule has 4 nitrogen and oxygen atoms in total. The van der Waals surface area contributed by atoms with E-state index in [9.17, 15) is 4.79 Å². The van der Waals surface area contributed by atoms with Gasteiger partial charge < -0.3 is 9.52 Å². The maximum absolute atomic E-state index is 11.1. The summed E-state index contributed by atoms with van der Waals surface area (Å²) >= 11 is 5.96. The van der Waals surface area contributed by atoms with Gasteiger partial charge in [-0.05, 0) is 37.1 Å². The van der Waals surface area contributed by atoms with Crippen molar-refractivity contribution in [3.8, 4) is 11.5 Å². The van der Waals surface area contributed by atoms with Crippen LogP contribution in [0.2, 0.25) is 5.02 Å². The highest BCUT2D eigenvalue weighted by Crippen LogP contribution is 2.26. The van der Waals surface area contributed by atoms with E-state index in [2.05, 4.69) is 4.98 Å². The lowest BCUT2D eigenvalue weighted by atomic mass is 10.1. The molecule has 1 aromatic carbocycles. The minimum absolute atomic E-state index is 0.0792. The Hall–Kier alpha value is -1.81. The van der Waals surface area contributed by atoms with Crippen LogP contribution in [0.5, 0.6) is 0 Å². The summed E-state index contributed by atoms with van der Waals surface area (Å²) in [4.78, 5) is 15.4. The zero-order valence-electron chi connectivity index (χ0n) is 10.7. The molecule has 0 aliphatic carbocycles. The first-order valence-electron chi connectivity index (χ1n) is 6.02. The van der Waals surface area contributed by atoms with Gasteiger partial charge >= 0.3 is 5.97 Å². The van der Waals surface area contributed by atoms with Gasteiger partial charge in [0, 0.05) is 10.6 Å². The molecule has 5 heteroatoms. The lowest BCUT2D eigenvalue weighted by molar-refractivity contribution is 0.0661. The number of oxazole rings is 1. The first kappa shape index (κ1) is 13.6. The van der Waals surface area contributed by atoms with Crippen molar-refractivity contribution >= 4 is 17.6 Å². The number of benzene rings is 1. The number of aromatic nitrogens is 1. The molecule has 0 aliphatic rings. The van der Waals surface area contributed by atoms with Crippen LogP contribution < -0.4 is 0 Å². The molecule has 0 bridgehead atoms. The summed E-state index contributed by atoms with van der Waals surface area (Å²) in [5.74, 6) is -0.849. The number of aromatic carboxylic acids is 1. The van der Waals surface area contributed by atoms with E-state index in [0.29, 0.717) is 23.0 Å². The standard InChI is InChI=1S/C14H14ClNO3/c1-3-4-11-12(14(17)18)19-13(16-11)9-5-6-10(15)8(2)7-9/h5-7H,3-4H2,1-2H3,(H,17,18). The monoisotopic (exact) mass is 279 g/mol. The Labute approximate surface area is 116 Å². The molecule has 19 heavy (non-hydrogen) atoms. The second-order valence-electron chi connectivity index (χ2n) is 4.31. The van der Waals surface area contributed by atoms with Crippen LogP contribution in [0.1, 0.15) is 35.2 Å². The maximum atomic E-state index is 11.1. The van der Waals surface area contributed by atoms with E-state index in [1.165, 1.54) is 0 Å². The lowest BCUT2D eigenvalue weighted by Crippen LogP contribution is -1.99. The van der Waals surface area contributed by atoms with Gasteiger partial charge in [0.25, 0.3) is 0 Å². The molecule has 0 saturated heterocycles. The Bertz CT molecular complexity index is 619. The van der Waals surface area contributed by atoms with Crippen molar-refractivity contribution < 1.29 is 14.3 Å². The maximum Gasteiger partial charge on any atom is 0.373 e. The van der Waals surface area contributed by atoms with Gasteiger partial charge in [-0.2, -0.15) is 0 Å². The molecule has 0 aliphatic heterocycles. The van der Waals surface area contributed by atoms with E-state index < -0.39 is 5.97 Å². The van der Waals surface area contributed by atoms with E-state index in [1.807, 2.05) is 19.9 Å². The van der Waals surface area contributed by atoms with Crippen LogP contribution >= 0.6 is 11.6 Å². The Kier molecular flexibility index (Phi) is 3.90. The summed E-state index contributed by atoms with van der Waals surface area (Å²) in [6, 6.07) is 5.34. The molecule has 1 heterocycles. The number of nitrogens with zero attached hydrogens (tertiary/aromatic N) is 1. The van der Waals surface area contributed by atoms with E-state index in [-0.39, 0.29) is 5.76 Å². The molecule has 0 fully saturated rings. The van der Waals surface area contributed by atoms with Crippen LogP contribution in [0.3, 0.4) is 0 Å². The number of carboxylic acids is 1. The zero-order valence-corrected chi connectivity index (χ0v) is 11.5. The van der Waals surface area contributed by atoms with E-state index in [0.717, 1.165) is 17.5 Å². The van der Waals surface area contributed by atoms with Gasteiger partial charge in [-0.1, -0.05) is 24.9 Å². The van der Waals surface area contributed by atoms with E-state index in [1.54, 1.807) is 12.1 Å². The first-order chi connectivity index (χ1) is 9.02. The molecule has 0 saturated carbocycles. The topological polar surface area (TPSA) is 63.3 Å². The van der Waals surface area contributed by atoms with Crippen molar-refractivity contribution in [2.45, 2.75) is 26.7 Å². The summed E-state index contributed by atoms with van der Waals surface area (Å²) in [6.45, 7) is 3.84. The fourth-order valence-corrected chi connectivity index (χ4v) is 1.94. The zero-order chi connectivity index (χ0) is 14.0. The molecule has 1 aromatic heterocycles. The van der Waals surface area contributed by atoms with Crippen LogP contribution in [0.25, 0.3) is 11.5 Å². The van der Waals surface area contributed by atoms with Crippen molar-refractivity contribution in [1.29, 1.82) is 0 Å². The fourth-order valence-electron chi connectivity index (χ4n) is 1.83. The Morgan fingerprint density at radius 1 is 1.47 bits per heavy atom. The molecule has 1 N–H and O–H groups in total. The van der Waals surface area contributed by atoms with Crippen LogP contribution in [0.15, 0.2) is 22.6 Å². The van der Waals surface area contributed by atoms with Gasteiger partial charge in [0.2, 0.25) is 11.7 Å². The van der Waals surface area contributed by atoms with Crippen molar-refractivity contribution in [3.05, 3.63) is 40.2 Å². The lowest BCUT2D eigenvalue weighted by Gasteiger charge is -1.99. The number of halogens is 1. The highest BCUT2D eigenvalue weighted by atomic mass is 35.5. The van der Waals surface area contributed by atoms with Gasteiger partial charge in [0.15, 0.2) is 0 Å². The smallest absolute Gasteiger partial charge is 0.373 e. The van der Waals surface area contributed by atoms with Gasteiger partial charge in [-0.3, -0.25) is 0 Å². The minimum atomic E-state index is -1.09. The largest absolute Gasteiger partial charge is 0.475 e. The average molecular weight is 280 g/mol. The van der Waals surface area contributed by atoms with E-state index >= 15 is 0 Å². The molecule has 2 aromatic rings. The van der Waals surface area contributed by atoms with Crippen LogP contribution in [0.4, 0.5) is 0 Å². The van der Waals surface area contributed by atoms with Crippen LogP contribution in [-0.4, -0.2) is 16.1 Å². The summed E-state index contributed by atoms with van der Waals surface area (Å²) in [5.41, 5.74) is 2.11. The normalized spacial score (nSPS) is 10.7. The third kappa shape index (κ3) is 2.79. The predicted molar refractivity (Wildman–Crippen MR) is 72.6 cm³/mol. The van der Waals surface area contributed by atoms with Crippen molar-refractivity contribution in [3.63, 3.8) is 0 Å². The number of rotatable bonds is 4. The molecular formula is C14H14ClNO3. The Morgan fingerprint density at radius 2 is 2.21 bits per heavy atom. The van der Waals surface area contributed by atoms with E-state index in [4.69, 9.17) is 21.1 Å². The average Bonchev–Trinajstić information content (AvgIpc) is 2.77. The molecule has 0 spiro atoms. The van der Waals surface area contributed by atoms with Crippen molar-refractivity contribution in [1.82, 2.24) is 4.98 Å². The molecule has 0 atom stereocenters. The SMILES string of the molecule is CCCc1nc(-c2ccc(Cl)c(C)c2)oc1C(=O)O. The van der Waals surface area contributed by atoms with Crippen molar-refractivity contribution in [2.24, 2.45) is 0 Å². The molecule has 2 rings (SSSR count). The predicted octanol–water partition coefficient (Wildman–Crippen LogP) is 3.95. The summed E-state index contributed by atoms with van der Waals surface area (Å²) in [5, 5.41) is 9.75. The molecule has 100 valence electrons. The Balaban J connectivity index is 2.47. The van der Waals surface area contributed by atoms with Crippen LogP contribution in [-0.2, 0) is 6.42 Å². The minimum Gasteiger partial charge on any atom is -0.475 e. The number of hydrogen-bond donors (Lipinski definition) is 1. The van der Waals surface area contributed by atoms with Gasteiger partial charge in [-0.25, -0.2) is 9.78 Å². The molecular weight excluding hydrogens is 266 g/mol. The third-order valence-corrected chi connectivity index (χ3v) is 3.21. The highest BCUT2D eigenvalue weighted by molar-refractivity contribution is 6.31. The quantitative estimate of drug-likeness (QED) is 0.920. The number of carboxylic acid groups (broad SMARTS) is 1. The molecule has 0 radical (unpaired) electrons. The summed E-state index contributed by atoms with van der Waals surface area (Å²) in [6.07, 6.45) is 1.39. The third-order valence-electron chi connectivity index (χ3n) is 2.78. The molecule has 0 amide bonds. The summed E-state index contributed by atoms with van der Waals surface area (Å²) < 4.78 is 5.36. The Morgan fingerprint density at radius 3 is 2.79 bits per heavy atom. The number of carbonyl (C=O) groups is 1. The van der Waals surface area contributed by atoms with Gasteiger partial charge in [0.05, 0.1) is 5.69 Å². The highest BCUT2D eigenvalue weighted by Gasteiger charge is 2.19. The first-order valence-corrected chi connectivity index (χ1v) is 6.40. The summed E-state index contributed by atoms with van der Waals surface area (Å²) in [7, 11) is 0. The van der Waals surface area contributed by atoms with Crippen molar-refractivity contribution in [2.75, 3.05) is 0 Å². The second-order valence-corrected chi connectivity index (χ2v) is 4.72. The fraction of sp³-hybridized carbons (Fsp3) is 0.286. The number of hydrogen-bond acceptors (Lipinski definition) is 3.